The van der Waals surface area contributed by atoms with Crippen molar-refractivity contribution in [1.82, 2.24) is 0 Å². The van der Waals surface area contributed by atoms with Gasteiger partial charge in [-0.15, -0.1) is 0 Å². The Balaban J connectivity index is 2.62. The van der Waals surface area contributed by atoms with Crippen molar-refractivity contribution in [2.45, 2.75) is 13.3 Å². The second-order valence-electron chi connectivity index (χ2n) is 3.00. The molecule has 1 aromatic rings. The van der Waals surface area contributed by atoms with Gasteiger partial charge in [-0.25, -0.2) is 0 Å². The first-order valence-electron chi connectivity index (χ1n) is 3.91. The SMILES string of the molecule is Cc1ccc2c(c1N)CCN2. The Bertz CT molecular complexity index is 292. The largest absolute Gasteiger partial charge is 0.398 e. The van der Waals surface area contributed by atoms with Crippen molar-refractivity contribution in [2.24, 2.45) is 0 Å². The maximum absolute atomic E-state index is 5.89. The molecule has 0 aliphatic carbocycles. The van der Waals surface area contributed by atoms with Gasteiger partial charge in [0.05, 0.1) is 0 Å². The zero-order valence-electron chi connectivity index (χ0n) is 6.65. The highest BCUT2D eigenvalue weighted by atomic mass is 14.9. The van der Waals surface area contributed by atoms with Gasteiger partial charge in [-0.3, -0.25) is 0 Å². The summed E-state index contributed by atoms with van der Waals surface area (Å²) in [6.45, 7) is 3.08. The van der Waals surface area contributed by atoms with Gasteiger partial charge in [0, 0.05) is 23.5 Å². The van der Waals surface area contributed by atoms with Crippen LogP contribution in [0, 0.1) is 6.92 Å². The van der Waals surface area contributed by atoms with Crippen molar-refractivity contribution in [3.8, 4) is 0 Å². The summed E-state index contributed by atoms with van der Waals surface area (Å²) in [5.41, 5.74) is 10.6. The molecule has 2 rings (SSSR count). The molecule has 0 radical (unpaired) electrons. The van der Waals surface area contributed by atoms with E-state index < -0.39 is 0 Å². The van der Waals surface area contributed by atoms with Gasteiger partial charge < -0.3 is 11.1 Å². The highest BCUT2D eigenvalue weighted by Gasteiger charge is 2.12. The molecule has 1 heterocycles. The van der Waals surface area contributed by atoms with Crippen LogP contribution in [0.3, 0.4) is 0 Å². The second kappa shape index (κ2) is 2.16. The Morgan fingerprint density at radius 2 is 2.27 bits per heavy atom. The van der Waals surface area contributed by atoms with Gasteiger partial charge >= 0.3 is 0 Å². The van der Waals surface area contributed by atoms with Gasteiger partial charge in [0.1, 0.15) is 0 Å². The quantitative estimate of drug-likeness (QED) is 0.548. The molecule has 0 unspecified atom stereocenters. The van der Waals surface area contributed by atoms with E-state index in [0.717, 1.165) is 18.7 Å². The lowest BCUT2D eigenvalue weighted by molar-refractivity contribution is 1.11. The van der Waals surface area contributed by atoms with Crippen LogP contribution in [-0.2, 0) is 6.42 Å². The van der Waals surface area contributed by atoms with Gasteiger partial charge in [0.15, 0.2) is 0 Å². The van der Waals surface area contributed by atoms with Crippen molar-refractivity contribution in [3.63, 3.8) is 0 Å². The highest BCUT2D eigenvalue weighted by molar-refractivity contribution is 5.69. The number of aryl methyl sites for hydroxylation is 1. The van der Waals surface area contributed by atoms with Gasteiger partial charge in [-0.2, -0.15) is 0 Å². The Labute approximate surface area is 66.4 Å². The third-order valence-electron chi connectivity index (χ3n) is 2.27. The van der Waals surface area contributed by atoms with E-state index in [4.69, 9.17) is 5.73 Å². The lowest BCUT2D eigenvalue weighted by Gasteiger charge is -2.05. The van der Waals surface area contributed by atoms with Gasteiger partial charge in [0.25, 0.3) is 0 Å². The molecular formula is C9H12N2. The number of nitrogen functional groups attached to an aromatic ring is 1. The maximum Gasteiger partial charge on any atom is 0.0397 e. The van der Waals surface area contributed by atoms with E-state index in [-0.39, 0.29) is 0 Å². The summed E-state index contributed by atoms with van der Waals surface area (Å²) in [5.74, 6) is 0. The molecule has 0 amide bonds. The number of hydrogen-bond acceptors (Lipinski definition) is 2. The van der Waals surface area contributed by atoms with Crippen LogP contribution in [0.5, 0.6) is 0 Å². The monoisotopic (exact) mass is 148 g/mol. The topological polar surface area (TPSA) is 38.0 Å². The number of rotatable bonds is 0. The highest BCUT2D eigenvalue weighted by Crippen LogP contribution is 2.29. The number of hydrogen-bond donors (Lipinski definition) is 2. The van der Waals surface area contributed by atoms with E-state index in [1.165, 1.54) is 16.8 Å². The molecule has 58 valence electrons. The summed E-state index contributed by atoms with van der Waals surface area (Å²) in [4.78, 5) is 0. The lowest BCUT2D eigenvalue weighted by atomic mass is 10.1. The predicted molar refractivity (Wildman–Crippen MR) is 47.8 cm³/mol. The molecule has 0 aromatic heterocycles. The predicted octanol–water partition coefficient (Wildman–Crippen LogP) is 1.55. The van der Waals surface area contributed by atoms with E-state index in [0.29, 0.717) is 0 Å². The molecule has 1 aromatic carbocycles. The third kappa shape index (κ3) is 0.862. The van der Waals surface area contributed by atoms with Crippen LogP contribution in [0.25, 0.3) is 0 Å². The van der Waals surface area contributed by atoms with Crippen molar-refractivity contribution >= 4 is 11.4 Å². The van der Waals surface area contributed by atoms with E-state index in [1.54, 1.807) is 0 Å². The van der Waals surface area contributed by atoms with Crippen LogP contribution in [0.2, 0.25) is 0 Å². The van der Waals surface area contributed by atoms with E-state index >= 15 is 0 Å². The summed E-state index contributed by atoms with van der Waals surface area (Å²) in [6.07, 6.45) is 1.07. The first-order valence-corrected chi connectivity index (χ1v) is 3.91. The minimum Gasteiger partial charge on any atom is -0.398 e. The number of anilines is 2. The van der Waals surface area contributed by atoms with Gasteiger partial charge in [-0.1, -0.05) is 6.07 Å². The van der Waals surface area contributed by atoms with Gasteiger partial charge in [0.2, 0.25) is 0 Å². The summed E-state index contributed by atoms with van der Waals surface area (Å²) < 4.78 is 0. The molecule has 0 saturated carbocycles. The minimum absolute atomic E-state index is 0.965. The smallest absolute Gasteiger partial charge is 0.0397 e. The molecule has 0 bridgehead atoms. The molecule has 2 nitrogen and oxygen atoms in total. The van der Waals surface area contributed by atoms with Gasteiger partial charge in [-0.05, 0) is 25.0 Å². The fraction of sp³-hybridized carbons (Fsp3) is 0.333. The normalized spacial score (nSPS) is 14.3. The van der Waals surface area contributed by atoms with Crippen LogP contribution in [-0.4, -0.2) is 6.54 Å². The average molecular weight is 148 g/mol. The summed E-state index contributed by atoms with van der Waals surface area (Å²) in [6, 6.07) is 4.17. The summed E-state index contributed by atoms with van der Waals surface area (Å²) in [5, 5.41) is 3.29. The van der Waals surface area contributed by atoms with Crippen LogP contribution in [0.4, 0.5) is 11.4 Å². The molecule has 0 atom stereocenters. The number of fused-ring (bicyclic) bond motifs is 1. The summed E-state index contributed by atoms with van der Waals surface area (Å²) >= 11 is 0. The fourth-order valence-electron chi connectivity index (χ4n) is 1.54. The average Bonchev–Trinajstić information content (AvgIpc) is 2.45. The molecule has 0 spiro atoms. The van der Waals surface area contributed by atoms with Crippen molar-refractivity contribution < 1.29 is 0 Å². The van der Waals surface area contributed by atoms with E-state index in [2.05, 4.69) is 17.4 Å². The zero-order valence-corrected chi connectivity index (χ0v) is 6.65. The molecule has 0 fully saturated rings. The number of nitrogens with two attached hydrogens (primary N) is 1. The number of nitrogens with one attached hydrogen (secondary N) is 1. The number of benzene rings is 1. The molecular weight excluding hydrogens is 136 g/mol. The first-order chi connectivity index (χ1) is 5.29. The molecule has 3 N–H and O–H groups in total. The maximum atomic E-state index is 5.89. The van der Waals surface area contributed by atoms with E-state index in [9.17, 15) is 0 Å². The zero-order chi connectivity index (χ0) is 7.84. The Hall–Kier alpha value is -1.18. The van der Waals surface area contributed by atoms with Crippen molar-refractivity contribution in [3.05, 3.63) is 23.3 Å². The second-order valence-corrected chi connectivity index (χ2v) is 3.00. The third-order valence-corrected chi connectivity index (χ3v) is 2.27. The molecule has 1 aliphatic rings. The molecule has 0 saturated heterocycles. The summed E-state index contributed by atoms with van der Waals surface area (Å²) in [7, 11) is 0. The first kappa shape index (κ1) is 6.53. The van der Waals surface area contributed by atoms with Crippen LogP contribution < -0.4 is 11.1 Å². The standard InChI is InChI=1S/C9H12N2/c1-6-2-3-8-7(9(6)10)4-5-11-8/h2-3,11H,4-5,10H2,1H3. The van der Waals surface area contributed by atoms with Crippen molar-refractivity contribution in [1.29, 1.82) is 0 Å². The Kier molecular flexibility index (Phi) is 1.28. The fourth-order valence-corrected chi connectivity index (χ4v) is 1.54. The van der Waals surface area contributed by atoms with Crippen LogP contribution in [0.1, 0.15) is 11.1 Å². The van der Waals surface area contributed by atoms with E-state index in [1.807, 2.05) is 6.92 Å². The molecule has 1 aliphatic heterocycles. The van der Waals surface area contributed by atoms with Crippen LogP contribution >= 0.6 is 0 Å². The Morgan fingerprint density at radius 1 is 1.45 bits per heavy atom. The minimum atomic E-state index is 0.965. The lowest BCUT2D eigenvalue weighted by Crippen LogP contribution is -1.94. The Morgan fingerprint density at radius 3 is 3.09 bits per heavy atom. The molecule has 2 heteroatoms. The van der Waals surface area contributed by atoms with Crippen LogP contribution in [0.15, 0.2) is 12.1 Å². The van der Waals surface area contributed by atoms with Crippen molar-refractivity contribution in [2.75, 3.05) is 17.6 Å². The molecule has 11 heavy (non-hydrogen) atoms.